The quantitative estimate of drug-likeness (QED) is 0.243. The predicted molar refractivity (Wildman–Crippen MR) is 108 cm³/mol. The summed E-state index contributed by atoms with van der Waals surface area (Å²) < 4.78 is 10.1. The molecule has 1 aromatic rings. The van der Waals surface area contributed by atoms with Gasteiger partial charge in [0, 0.05) is 20.6 Å². The summed E-state index contributed by atoms with van der Waals surface area (Å²) in [4.78, 5) is 37.4. The van der Waals surface area contributed by atoms with E-state index in [1.807, 2.05) is 0 Å². The third kappa shape index (κ3) is 6.41. The molecule has 0 saturated heterocycles. The van der Waals surface area contributed by atoms with E-state index in [-0.39, 0.29) is 18.8 Å². The molecular formula is C20H31N3O7. The second kappa shape index (κ2) is 11.5. The van der Waals surface area contributed by atoms with Gasteiger partial charge in [-0.15, -0.1) is 0 Å². The third-order valence-electron chi connectivity index (χ3n) is 4.60. The standard InChI is InChI=1S/C20H31N3O7/c1-12(2)11-20(27,16(30-5)18(25)23-28)19(26)22-15(17(24)21-3)10-13-6-8-14(29-4)9-7-13/h6-9,12,15-16,27-28H,10-11H2,1-5H3,(H,21,24)(H,22,26)(H,23,25)/t15-,16+,20-/m0/s1. The number of carbonyl (C=O) groups excluding carboxylic acids is 3. The van der Waals surface area contributed by atoms with Crippen LogP contribution in [0.2, 0.25) is 0 Å². The molecule has 3 amide bonds. The first-order chi connectivity index (χ1) is 14.1. The fraction of sp³-hybridized carbons (Fsp3) is 0.550. The summed E-state index contributed by atoms with van der Waals surface area (Å²) in [5.41, 5.74) is -0.181. The van der Waals surface area contributed by atoms with Crippen molar-refractivity contribution in [1.29, 1.82) is 0 Å². The maximum Gasteiger partial charge on any atom is 0.276 e. The number of hydrogen-bond donors (Lipinski definition) is 5. The molecule has 0 fully saturated rings. The predicted octanol–water partition coefficient (Wildman–Crippen LogP) is -0.234. The number of rotatable bonds is 11. The number of aliphatic hydroxyl groups is 1. The first-order valence-electron chi connectivity index (χ1n) is 9.47. The van der Waals surface area contributed by atoms with Crippen molar-refractivity contribution >= 4 is 17.7 Å². The number of ether oxygens (including phenoxy) is 2. The number of carbonyl (C=O) groups is 3. The molecule has 30 heavy (non-hydrogen) atoms. The Labute approximate surface area is 175 Å². The molecule has 168 valence electrons. The number of hydrogen-bond acceptors (Lipinski definition) is 7. The van der Waals surface area contributed by atoms with Gasteiger partial charge in [0.05, 0.1) is 7.11 Å². The lowest BCUT2D eigenvalue weighted by atomic mass is 9.85. The third-order valence-corrected chi connectivity index (χ3v) is 4.60. The molecule has 0 heterocycles. The Hall–Kier alpha value is -2.69. The van der Waals surface area contributed by atoms with E-state index in [0.717, 1.165) is 12.7 Å². The van der Waals surface area contributed by atoms with Gasteiger partial charge in [-0.05, 0) is 30.0 Å². The second-order valence-electron chi connectivity index (χ2n) is 7.31. The van der Waals surface area contributed by atoms with Crippen LogP contribution in [-0.2, 0) is 25.5 Å². The highest BCUT2D eigenvalue weighted by Gasteiger charge is 2.49. The van der Waals surface area contributed by atoms with Crippen LogP contribution in [-0.4, -0.2) is 67.0 Å². The van der Waals surface area contributed by atoms with Crippen LogP contribution in [0.15, 0.2) is 24.3 Å². The number of benzene rings is 1. The summed E-state index contributed by atoms with van der Waals surface area (Å²) in [5, 5.41) is 25.0. The van der Waals surface area contributed by atoms with E-state index in [9.17, 15) is 19.5 Å². The Morgan fingerprint density at radius 1 is 1.10 bits per heavy atom. The van der Waals surface area contributed by atoms with E-state index < -0.39 is 35.5 Å². The van der Waals surface area contributed by atoms with Gasteiger partial charge in [-0.2, -0.15) is 0 Å². The summed E-state index contributed by atoms with van der Waals surface area (Å²) in [5.74, 6) is -2.09. The Kier molecular flexibility index (Phi) is 9.70. The van der Waals surface area contributed by atoms with Crippen LogP contribution >= 0.6 is 0 Å². The summed E-state index contributed by atoms with van der Waals surface area (Å²) in [7, 11) is 4.09. The highest BCUT2D eigenvalue weighted by molar-refractivity contribution is 5.96. The van der Waals surface area contributed by atoms with Gasteiger partial charge in [-0.1, -0.05) is 26.0 Å². The number of likely N-dealkylation sites (N-methyl/N-ethyl adjacent to an activating group) is 1. The van der Waals surface area contributed by atoms with Crippen LogP contribution in [0.5, 0.6) is 5.75 Å². The molecule has 0 spiro atoms. The molecule has 10 heteroatoms. The average molecular weight is 425 g/mol. The minimum absolute atomic E-state index is 0.136. The molecular weight excluding hydrogens is 394 g/mol. The summed E-state index contributed by atoms with van der Waals surface area (Å²) in [6.07, 6.45) is -1.69. The van der Waals surface area contributed by atoms with Crippen molar-refractivity contribution in [3.8, 4) is 5.75 Å². The number of nitrogens with one attached hydrogen (secondary N) is 3. The first kappa shape index (κ1) is 25.3. The van der Waals surface area contributed by atoms with Gasteiger partial charge in [-0.25, -0.2) is 5.48 Å². The van der Waals surface area contributed by atoms with E-state index in [1.165, 1.54) is 19.6 Å². The average Bonchev–Trinajstić information content (AvgIpc) is 2.72. The van der Waals surface area contributed by atoms with E-state index >= 15 is 0 Å². The second-order valence-corrected chi connectivity index (χ2v) is 7.31. The van der Waals surface area contributed by atoms with E-state index in [0.29, 0.717) is 5.75 Å². The van der Waals surface area contributed by atoms with Crippen molar-refractivity contribution < 1.29 is 34.2 Å². The van der Waals surface area contributed by atoms with Crippen molar-refractivity contribution in [2.45, 2.75) is 44.4 Å². The van der Waals surface area contributed by atoms with Crippen LogP contribution in [0, 0.1) is 5.92 Å². The summed E-state index contributed by atoms with van der Waals surface area (Å²) in [6.45, 7) is 3.49. The normalized spacial score (nSPS) is 14.9. The molecule has 0 bridgehead atoms. The van der Waals surface area contributed by atoms with Crippen molar-refractivity contribution in [3.63, 3.8) is 0 Å². The molecule has 1 aromatic carbocycles. The maximum absolute atomic E-state index is 13.0. The highest BCUT2D eigenvalue weighted by Crippen LogP contribution is 2.24. The molecule has 0 aliphatic carbocycles. The number of hydroxylamine groups is 1. The Morgan fingerprint density at radius 3 is 2.13 bits per heavy atom. The highest BCUT2D eigenvalue weighted by atomic mass is 16.5. The first-order valence-corrected chi connectivity index (χ1v) is 9.47. The smallest absolute Gasteiger partial charge is 0.276 e. The van der Waals surface area contributed by atoms with Gasteiger partial charge in [0.15, 0.2) is 11.7 Å². The molecule has 0 unspecified atom stereocenters. The molecule has 0 saturated carbocycles. The van der Waals surface area contributed by atoms with Gasteiger partial charge < -0.3 is 25.2 Å². The molecule has 0 aliphatic rings. The van der Waals surface area contributed by atoms with Crippen LogP contribution in [0.3, 0.4) is 0 Å². The van der Waals surface area contributed by atoms with Crippen LogP contribution in [0.4, 0.5) is 0 Å². The lowest BCUT2D eigenvalue weighted by molar-refractivity contribution is -0.173. The van der Waals surface area contributed by atoms with E-state index in [2.05, 4.69) is 10.6 Å². The topological polar surface area (TPSA) is 146 Å². The van der Waals surface area contributed by atoms with Crippen molar-refractivity contribution in [3.05, 3.63) is 29.8 Å². The van der Waals surface area contributed by atoms with Crippen molar-refractivity contribution in [2.24, 2.45) is 5.92 Å². The molecule has 0 aromatic heterocycles. The van der Waals surface area contributed by atoms with Gasteiger partial charge >= 0.3 is 0 Å². The molecule has 10 nitrogen and oxygen atoms in total. The number of methoxy groups -OCH3 is 2. The zero-order valence-corrected chi connectivity index (χ0v) is 17.9. The lowest BCUT2D eigenvalue weighted by Gasteiger charge is -2.35. The molecule has 5 N–H and O–H groups in total. The number of amides is 3. The Balaban J connectivity index is 3.17. The van der Waals surface area contributed by atoms with Gasteiger partial charge in [-0.3, -0.25) is 19.6 Å². The molecule has 1 rings (SSSR count). The molecule has 0 radical (unpaired) electrons. The van der Waals surface area contributed by atoms with Gasteiger partial charge in [0.25, 0.3) is 11.8 Å². The summed E-state index contributed by atoms with van der Waals surface area (Å²) >= 11 is 0. The fourth-order valence-corrected chi connectivity index (χ4v) is 3.18. The van der Waals surface area contributed by atoms with Crippen molar-refractivity contribution in [1.82, 2.24) is 16.1 Å². The van der Waals surface area contributed by atoms with Gasteiger partial charge in [0.2, 0.25) is 5.91 Å². The van der Waals surface area contributed by atoms with Gasteiger partial charge in [0.1, 0.15) is 11.8 Å². The molecule has 3 atom stereocenters. The largest absolute Gasteiger partial charge is 0.497 e. The summed E-state index contributed by atoms with van der Waals surface area (Å²) in [6, 6.07) is 5.92. The minimum Gasteiger partial charge on any atom is -0.497 e. The van der Waals surface area contributed by atoms with Crippen LogP contribution < -0.4 is 20.9 Å². The van der Waals surface area contributed by atoms with E-state index in [4.69, 9.17) is 14.7 Å². The lowest BCUT2D eigenvalue weighted by Crippen LogP contribution is -2.63. The Morgan fingerprint density at radius 2 is 1.70 bits per heavy atom. The molecule has 0 aliphatic heterocycles. The SMILES string of the molecule is CNC(=O)[C@H](Cc1ccc(OC)cc1)NC(=O)[C@](O)(CC(C)C)[C@H](OC)C(=O)NO. The van der Waals surface area contributed by atoms with E-state index in [1.54, 1.807) is 38.1 Å². The zero-order valence-electron chi connectivity index (χ0n) is 17.9. The van der Waals surface area contributed by atoms with Crippen LogP contribution in [0.25, 0.3) is 0 Å². The maximum atomic E-state index is 13.0. The minimum atomic E-state index is -2.32. The fourth-order valence-electron chi connectivity index (χ4n) is 3.18. The van der Waals surface area contributed by atoms with Crippen molar-refractivity contribution in [2.75, 3.05) is 21.3 Å². The van der Waals surface area contributed by atoms with Crippen LogP contribution in [0.1, 0.15) is 25.8 Å². The zero-order chi connectivity index (χ0) is 22.9. The Bertz CT molecular complexity index is 724. The monoisotopic (exact) mass is 425 g/mol.